The summed E-state index contributed by atoms with van der Waals surface area (Å²) >= 11 is 0. The molecule has 5 heteroatoms. The molecule has 0 atom stereocenters. The van der Waals surface area contributed by atoms with E-state index in [9.17, 15) is 0 Å². The highest BCUT2D eigenvalue weighted by atomic mass is 16.5. The summed E-state index contributed by atoms with van der Waals surface area (Å²) in [5.74, 6) is 1.88. The van der Waals surface area contributed by atoms with E-state index in [1.54, 1.807) is 21.3 Å². The van der Waals surface area contributed by atoms with E-state index in [0.29, 0.717) is 35.0 Å². The Balaban J connectivity index is 2.35. The van der Waals surface area contributed by atoms with E-state index in [2.05, 4.69) is 0 Å². The van der Waals surface area contributed by atoms with E-state index in [4.69, 9.17) is 25.7 Å². The summed E-state index contributed by atoms with van der Waals surface area (Å²) in [6.07, 6.45) is 0.698. The minimum atomic E-state index is 0.499. The van der Waals surface area contributed by atoms with Crippen LogP contribution in [0.1, 0.15) is 11.1 Å². The minimum Gasteiger partial charge on any atom is -0.495 e. The first-order valence-electron chi connectivity index (χ1n) is 6.51. The number of nitrogen functional groups attached to an aromatic ring is 2. The molecule has 0 aromatic heterocycles. The molecule has 2 rings (SSSR count). The van der Waals surface area contributed by atoms with Crippen LogP contribution in [0.5, 0.6) is 17.2 Å². The van der Waals surface area contributed by atoms with Crippen LogP contribution in [-0.4, -0.2) is 21.3 Å². The molecule has 0 radical (unpaired) electrons. The molecule has 5 nitrogen and oxygen atoms in total. The van der Waals surface area contributed by atoms with Gasteiger partial charge in [-0.2, -0.15) is 0 Å². The Morgan fingerprint density at radius 1 is 0.762 bits per heavy atom. The van der Waals surface area contributed by atoms with Crippen molar-refractivity contribution >= 4 is 11.4 Å². The second kappa shape index (κ2) is 6.26. The molecule has 0 saturated carbocycles. The average Bonchev–Trinajstić information content (AvgIpc) is 2.50. The van der Waals surface area contributed by atoms with Crippen molar-refractivity contribution in [1.29, 1.82) is 0 Å². The zero-order chi connectivity index (χ0) is 15.4. The second-order valence-electron chi connectivity index (χ2n) is 4.67. The van der Waals surface area contributed by atoms with Crippen molar-refractivity contribution in [2.24, 2.45) is 0 Å². The van der Waals surface area contributed by atoms with Gasteiger partial charge in [0.1, 0.15) is 22.9 Å². The highest BCUT2D eigenvalue weighted by Gasteiger charge is 2.10. The van der Waals surface area contributed by atoms with Crippen molar-refractivity contribution in [2.45, 2.75) is 6.42 Å². The van der Waals surface area contributed by atoms with Gasteiger partial charge in [-0.05, 0) is 41.8 Å². The quantitative estimate of drug-likeness (QED) is 0.826. The van der Waals surface area contributed by atoms with Gasteiger partial charge < -0.3 is 25.7 Å². The predicted molar refractivity (Wildman–Crippen MR) is 84.2 cm³/mol. The summed E-state index contributed by atoms with van der Waals surface area (Å²) in [5, 5.41) is 0. The lowest BCUT2D eigenvalue weighted by Gasteiger charge is -2.13. The van der Waals surface area contributed by atoms with Gasteiger partial charge in [0, 0.05) is 0 Å². The lowest BCUT2D eigenvalue weighted by atomic mass is 10.0. The first-order valence-corrected chi connectivity index (χ1v) is 6.51. The molecule has 0 aliphatic carbocycles. The van der Waals surface area contributed by atoms with Crippen LogP contribution in [0.25, 0.3) is 0 Å². The number of anilines is 2. The third kappa shape index (κ3) is 3.13. The normalized spacial score (nSPS) is 10.2. The number of methoxy groups -OCH3 is 3. The number of rotatable bonds is 5. The summed E-state index contributed by atoms with van der Waals surface area (Å²) in [6, 6.07) is 9.53. The number of hydrogen-bond donors (Lipinski definition) is 2. The van der Waals surface area contributed by atoms with E-state index >= 15 is 0 Å². The molecule has 0 spiro atoms. The van der Waals surface area contributed by atoms with Crippen LogP contribution in [0.4, 0.5) is 11.4 Å². The highest BCUT2D eigenvalue weighted by Crippen LogP contribution is 2.34. The van der Waals surface area contributed by atoms with Crippen molar-refractivity contribution in [3.05, 3.63) is 41.5 Å². The standard InChI is InChI=1S/C16H20N2O3/c1-19-13-7-10(4-5-12(13)17)6-11-8-14(20-2)16(18)15(9-11)21-3/h4-5,7-9H,6,17-18H2,1-3H3. The fourth-order valence-corrected chi connectivity index (χ4v) is 2.20. The molecule has 0 fully saturated rings. The maximum absolute atomic E-state index is 5.95. The Kier molecular flexibility index (Phi) is 4.42. The zero-order valence-electron chi connectivity index (χ0n) is 12.5. The Morgan fingerprint density at radius 3 is 1.81 bits per heavy atom. The van der Waals surface area contributed by atoms with Crippen molar-refractivity contribution in [2.75, 3.05) is 32.8 Å². The van der Waals surface area contributed by atoms with Crippen LogP contribution < -0.4 is 25.7 Å². The molecule has 4 N–H and O–H groups in total. The van der Waals surface area contributed by atoms with Crippen LogP contribution in [0, 0.1) is 0 Å². The van der Waals surface area contributed by atoms with Crippen molar-refractivity contribution in [1.82, 2.24) is 0 Å². The lowest BCUT2D eigenvalue weighted by molar-refractivity contribution is 0.397. The summed E-state index contributed by atoms with van der Waals surface area (Å²) in [6.45, 7) is 0. The molecule has 2 aromatic rings. The predicted octanol–water partition coefficient (Wildman–Crippen LogP) is 2.47. The third-order valence-electron chi connectivity index (χ3n) is 3.31. The van der Waals surface area contributed by atoms with Crippen LogP contribution in [-0.2, 0) is 6.42 Å². The maximum Gasteiger partial charge on any atom is 0.145 e. The molecule has 112 valence electrons. The molecule has 2 aromatic carbocycles. The van der Waals surface area contributed by atoms with E-state index in [-0.39, 0.29) is 0 Å². The molecule has 0 aliphatic rings. The van der Waals surface area contributed by atoms with E-state index in [0.717, 1.165) is 11.1 Å². The molecule has 0 bridgehead atoms. The highest BCUT2D eigenvalue weighted by molar-refractivity contribution is 5.65. The van der Waals surface area contributed by atoms with Crippen LogP contribution in [0.3, 0.4) is 0 Å². The summed E-state index contributed by atoms with van der Waals surface area (Å²) in [5.41, 5.74) is 15.0. The van der Waals surface area contributed by atoms with E-state index in [1.165, 1.54) is 0 Å². The summed E-state index contributed by atoms with van der Waals surface area (Å²) in [4.78, 5) is 0. The van der Waals surface area contributed by atoms with Crippen molar-refractivity contribution in [3.63, 3.8) is 0 Å². The van der Waals surface area contributed by atoms with E-state index in [1.807, 2.05) is 30.3 Å². The monoisotopic (exact) mass is 288 g/mol. The third-order valence-corrected chi connectivity index (χ3v) is 3.31. The molecule has 21 heavy (non-hydrogen) atoms. The molecule has 0 aliphatic heterocycles. The molecule has 0 heterocycles. The Hall–Kier alpha value is -2.56. The van der Waals surface area contributed by atoms with Gasteiger partial charge >= 0.3 is 0 Å². The lowest BCUT2D eigenvalue weighted by Crippen LogP contribution is -2.00. The van der Waals surface area contributed by atoms with Gasteiger partial charge in [-0.3, -0.25) is 0 Å². The maximum atomic E-state index is 5.95. The SMILES string of the molecule is COc1cc(Cc2cc(OC)c(N)c(OC)c2)ccc1N. The van der Waals surface area contributed by atoms with Gasteiger partial charge in [-0.25, -0.2) is 0 Å². The zero-order valence-corrected chi connectivity index (χ0v) is 12.5. The van der Waals surface area contributed by atoms with Crippen LogP contribution in [0.2, 0.25) is 0 Å². The molecular formula is C16H20N2O3. The molecule has 0 saturated heterocycles. The smallest absolute Gasteiger partial charge is 0.145 e. The molecule has 0 unspecified atom stereocenters. The number of benzene rings is 2. The van der Waals surface area contributed by atoms with Gasteiger partial charge in [-0.1, -0.05) is 6.07 Å². The van der Waals surface area contributed by atoms with Crippen molar-refractivity contribution < 1.29 is 14.2 Å². The fourth-order valence-electron chi connectivity index (χ4n) is 2.20. The van der Waals surface area contributed by atoms with Gasteiger partial charge in [0.15, 0.2) is 0 Å². The summed E-state index contributed by atoms with van der Waals surface area (Å²) < 4.78 is 15.8. The topological polar surface area (TPSA) is 79.7 Å². The van der Waals surface area contributed by atoms with Gasteiger partial charge in [0.05, 0.1) is 27.0 Å². The number of nitrogens with two attached hydrogens (primary N) is 2. The molecule has 0 amide bonds. The number of ether oxygens (including phenoxy) is 3. The Morgan fingerprint density at radius 2 is 1.29 bits per heavy atom. The largest absolute Gasteiger partial charge is 0.495 e. The van der Waals surface area contributed by atoms with Crippen LogP contribution in [0.15, 0.2) is 30.3 Å². The Labute approximate surface area is 124 Å². The minimum absolute atomic E-state index is 0.499. The van der Waals surface area contributed by atoms with Crippen molar-refractivity contribution in [3.8, 4) is 17.2 Å². The molecular weight excluding hydrogens is 268 g/mol. The Bertz CT molecular complexity index is 616. The van der Waals surface area contributed by atoms with Crippen LogP contribution >= 0.6 is 0 Å². The first-order chi connectivity index (χ1) is 10.1. The van der Waals surface area contributed by atoms with Gasteiger partial charge in [0.25, 0.3) is 0 Å². The van der Waals surface area contributed by atoms with Gasteiger partial charge in [-0.15, -0.1) is 0 Å². The number of hydrogen-bond acceptors (Lipinski definition) is 5. The van der Waals surface area contributed by atoms with E-state index < -0.39 is 0 Å². The fraction of sp³-hybridized carbons (Fsp3) is 0.250. The first kappa shape index (κ1) is 14.8. The summed E-state index contributed by atoms with van der Waals surface area (Å²) in [7, 11) is 4.77. The second-order valence-corrected chi connectivity index (χ2v) is 4.67. The van der Waals surface area contributed by atoms with Gasteiger partial charge in [0.2, 0.25) is 0 Å². The average molecular weight is 288 g/mol.